The number of anilines is 1. The lowest BCUT2D eigenvalue weighted by Gasteiger charge is -2.51. The summed E-state index contributed by atoms with van der Waals surface area (Å²) in [5.74, 6) is -5.09. The van der Waals surface area contributed by atoms with Crippen molar-refractivity contribution >= 4 is 46.8 Å². The van der Waals surface area contributed by atoms with Crippen molar-refractivity contribution in [3.63, 3.8) is 0 Å². The molecule has 17 nitrogen and oxygen atoms in total. The lowest BCUT2D eigenvalue weighted by atomic mass is 9.79. The molecule has 2 aromatic rings. The number of hydrogen-bond donors (Lipinski definition) is 4. The number of ether oxygens (including phenoxy) is 5. The van der Waals surface area contributed by atoms with Crippen molar-refractivity contribution in [1.29, 1.82) is 0 Å². The summed E-state index contributed by atoms with van der Waals surface area (Å²) in [5, 5.41) is 40.1. The summed E-state index contributed by atoms with van der Waals surface area (Å²) in [4.78, 5) is 81.3. The van der Waals surface area contributed by atoms with Crippen LogP contribution in [0.2, 0.25) is 0 Å². The van der Waals surface area contributed by atoms with Gasteiger partial charge in [-0.15, -0.1) is 0 Å². The normalized spacial score (nSPS) is 24.8. The molecule has 0 bridgehead atoms. The second-order valence-electron chi connectivity index (χ2n) is 21.0. The molecule has 3 aliphatic heterocycles. The SMILES string of the molecule is CO[C@@H]([C@H](O)CC(=O)[C@@H](C)[C@@H](O)CC[C@@H](C)[C@@H]1O[C@]2(CC[C@@H](C)[C@H](CC[C@H](C)/C(C)=N\OCC(=O)Nc3cccc(C(=O)c4ccccc4)c3)O2)CC[C@@H]1C)[C@H](OC(=O)C[C@@H](O)C1=C(C)C(=O)OC1=O)C(C)C. The third-order valence-corrected chi connectivity index (χ3v) is 15.0. The van der Waals surface area contributed by atoms with Crippen LogP contribution >= 0.6 is 0 Å². The van der Waals surface area contributed by atoms with Gasteiger partial charge in [0.15, 0.2) is 18.2 Å². The van der Waals surface area contributed by atoms with Crippen LogP contribution in [-0.4, -0.2) is 119 Å². The van der Waals surface area contributed by atoms with Crippen LogP contribution in [0, 0.1) is 35.5 Å². The average molecular weight is 1020 g/mol. The van der Waals surface area contributed by atoms with Gasteiger partial charge in [-0.05, 0) is 94.1 Å². The number of methoxy groups -OCH3 is 1. The number of ketones is 2. The van der Waals surface area contributed by atoms with Gasteiger partial charge in [-0.3, -0.25) is 19.2 Å². The number of aliphatic hydroxyl groups excluding tert-OH is 3. The van der Waals surface area contributed by atoms with Crippen LogP contribution < -0.4 is 5.32 Å². The van der Waals surface area contributed by atoms with Gasteiger partial charge in [0.05, 0.1) is 48.2 Å². The molecule has 0 unspecified atom stereocenters. The van der Waals surface area contributed by atoms with Crippen LogP contribution in [-0.2, 0) is 52.5 Å². The summed E-state index contributed by atoms with van der Waals surface area (Å²) < 4.78 is 29.5. The molecule has 2 fully saturated rings. The minimum Gasteiger partial charge on any atom is -0.459 e. The molecule has 0 aliphatic carbocycles. The number of hydrogen-bond acceptors (Lipinski definition) is 16. The van der Waals surface area contributed by atoms with Gasteiger partial charge < -0.3 is 49.2 Å². The van der Waals surface area contributed by atoms with Crippen molar-refractivity contribution in [2.45, 2.75) is 175 Å². The monoisotopic (exact) mass is 1020 g/mol. The van der Waals surface area contributed by atoms with Crippen LogP contribution in [0.3, 0.4) is 0 Å². The minimum atomic E-state index is -1.65. The highest BCUT2D eigenvalue weighted by Gasteiger charge is 2.48. The first kappa shape index (κ1) is 58.7. The molecule has 402 valence electrons. The third kappa shape index (κ3) is 15.9. The molecule has 2 saturated heterocycles. The van der Waals surface area contributed by atoms with E-state index in [9.17, 15) is 44.1 Å². The van der Waals surface area contributed by atoms with Crippen molar-refractivity contribution in [1.82, 2.24) is 0 Å². The van der Waals surface area contributed by atoms with E-state index < -0.39 is 84.2 Å². The van der Waals surface area contributed by atoms with E-state index in [4.69, 9.17) is 23.8 Å². The first-order chi connectivity index (χ1) is 34.5. The van der Waals surface area contributed by atoms with Gasteiger partial charge in [-0.2, -0.15) is 0 Å². The van der Waals surface area contributed by atoms with Gasteiger partial charge >= 0.3 is 17.9 Å². The average Bonchev–Trinajstić information content (AvgIpc) is 3.62. The van der Waals surface area contributed by atoms with Gasteiger partial charge in [-0.1, -0.05) is 96.1 Å². The molecule has 0 radical (unpaired) electrons. The lowest BCUT2D eigenvalue weighted by Crippen LogP contribution is -2.53. The zero-order valence-corrected chi connectivity index (χ0v) is 44.2. The van der Waals surface area contributed by atoms with Gasteiger partial charge in [-0.25, -0.2) is 9.59 Å². The Hall–Kier alpha value is -5.17. The highest BCUT2D eigenvalue weighted by Crippen LogP contribution is 2.46. The van der Waals surface area contributed by atoms with Gasteiger partial charge in [0.25, 0.3) is 5.91 Å². The number of amides is 1. The maximum absolute atomic E-state index is 13.5. The number of carbonyl (C=O) groups is 6. The number of rotatable bonds is 26. The van der Waals surface area contributed by atoms with Crippen LogP contribution in [0.15, 0.2) is 70.9 Å². The van der Waals surface area contributed by atoms with E-state index in [1.165, 1.54) is 14.0 Å². The minimum absolute atomic E-state index is 0.0315. The maximum atomic E-state index is 13.5. The third-order valence-electron chi connectivity index (χ3n) is 15.0. The molecule has 0 aromatic heterocycles. The number of Topliss-reactive ketones (excluding diaryl/α,β-unsaturated/α-hetero) is 1. The summed E-state index contributed by atoms with van der Waals surface area (Å²) in [5.41, 5.74) is 1.84. The topological polar surface area (TPSA) is 243 Å². The Morgan fingerprint density at radius 1 is 0.822 bits per heavy atom. The van der Waals surface area contributed by atoms with E-state index in [1.807, 2.05) is 13.0 Å². The summed E-state index contributed by atoms with van der Waals surface area (Å²) in [6.45, 7) is 16.5. The van der Waals surface area contributed by atoms with E-state index in [0.717, 1.165) is 44.2 Å². The highest BCUT2D eigenvalue weighted by atomic mass is 16.7. The molecular weight excluding hydrogens is 941 g/mol. The molecule has 2 aromatic carbocycles. The standard InChI is InChI=1S/C56H78N2O15/c1-31(2)51(70-48(64)29-44(61)49-37(8)54(66)71-55(49)67)53(68-10)45(62)28-43(60)36(7)42(59)21-19-34(5)52-35(6)24-26-56(73-52)25-23-33(4)46(72-56)22-20-32(3)38(9)58-69-30-47(63)57-41-18-14-17-40(27-41)50(65)39-15-12-11-13-16-39/h11-18,27,31-36,42,44-46,51-53,59,61-62H,19-26,28-30H2,1-10H3,(H,57,63)/b58-38-/t32-,33+,34+,35-,36-,42-,44+,45+,46-,51+,52-,53-,56+/m0/s1. The van der Waals surface area contributed by atoms with E-state index in [0.29, 0.717) is 35.6 Å². The number of benzene rings is 2. The predicted octanol–water partition coefficient (Wildman–Crippen LogP) is 7.46. The van der Waals surface area contributed by atoms with Gasteiger partial charge in [0, 0.05) is 54.7 Å². The predicted molar refractivity (Wildman–Crippen MR) is 271 cm³/mol. The molecule has 1 amide bonds. The number of oxime groups is 1. The second-order valence-corrected chi connectivity index (χ2v) is 21.0. The Balaban J connectivity index is 1.06. The van der Waals surface area contributed by atoms with Gasteiger partial charge in [0.2, 0.25) is 0 Å². The Kier molecular flexibility index (Phi) is 21.6. The molecule has 73 heavy (non-hydrogen) atoms. The van der Waals surface area contributed by atoms with E-state index in [2.05, 4.69) is 42.9 Å². The zero-order valence-electron chi connectivity index (χ0n) is 44.2. The van der Waals surface area contributed by atoms with Crippen molar-refractivity contribution in [3.8, 4) is 0 Å². The first-order valence-electron chi connectivity index (χ1n) is 25.8. The quantitative estimate of drug-likeness (QED) is 0.0235. The molecular formula is C56H78N2O15. The first-order valence-corrected chi connectivity index (χ1v) is 25.8. The molecule has 4 N–H and O–H groups in total. The van der Waals surface area contributed by atoms with E-state index in [-0.39, 0.29) is 59.9 Å². The Bertz CT molecular complexity index is 2290. The Morgan fingerprint density at radius 2 is 1.49 bits per heavy atom. The molecule has 17 heteroatoms. The van der Waals surface area contributed by atoms with Crippen LogP contribution in [0.25, 0.3) is 0 Å². The fourth-order valence-corrected chi connectivity index (χ4v) is 10.00. The van der Waals surface area contributed by atoms with Crippen molar-refractivity contribution < 1.29 is 72.6 Å². The number of esters is 3. The Labute approximate surface area is 429 Å². The summed E-state index contributed by atoms with van der Waals surface area (Å²) >= 11 is 0. The fraction of sp³-hybridized carbons (Fsp3) is 0.625. The number of carbonyl (C=O) groups excluding carboxylic acids is 6. The molecule has 0 saturated carbocycles. The molecule has 1 spiro atoms. The fourth-order valence-electron chi connectivity index (χ4n) is 10.00. The Morgan fingerprint density at radius 3 is 2.14 bits per heavy atom. The summed E-state index contributed by atoms with van der Waals surface area (Å²) in [7, 11) is 1.31. The molecule has 13 atom stereocenters. The lowest BCUT2D eigenvalue weighted by molar-refractivity contribution is -0.338. The van der Waals surface area contributed by atoms with Crippen LogP contribution in [0.1, 0.15) is 142 Å². The molecule has 3 heterocycles. The summed E-state index contributed by atoms with van der Waals surface area (Å²) in [6.07, 6.45) is -1.61. The molecule has 3 aliphatic rings. The zero-order chi connectivity index (χ0) is 53.7. The summed E-state index contributed by atoms with van der Waals surface area (Å²) in [6, 6.07) is 15.7. The number of nitrogens with zero attached hydrogens (tertiary/aromatic N) is 1. The number of nitrogens with one attached hydrogen (secondary N) is 1. The molecule has 5 rings (SSSR count). The van der Waals surface area contributed by atoms with Crippen molar-refractivity contribution in [2.24, 2.45) is 40.7 Å². The number of cyclic esters (lactones) is 2. The second kappa shape index (κ2) is 26.9. The number of aliphatic hydroxyl groups is 3. The van der Waals surface area contributed by atoms with E-state index in [1.54, 1.807) is 69.3 Å². The van der Waals surface area contributed by atoms with Crippen LogP contribution in [0.5, 0.6) is 0 Å². The van der Waals surface area contributed by atoms with Crippen molar-refractivity contribution in [2.75, 3.05) is 19.0 Å². The highest BCUT2D eigenvalue weighted by molar-refractivity contribution is 6.13. The van der Waals surface area contributed by atoms with E-state index >= 15 is 0 Å². The largest absolute Gasteiger partial charge is 0.459 e. The van der Waals surface area contributed by atoms with Crippen molar-refractivity contribution in [3.05, 3.63) is 76.9 Å². The maximum Gasteiger partial charge on any atom is 0.345 e. The van der Waals surface area contributed by atoms with Gasteiger partial charge in [0.1, 0.15) is 18.0 Å². The van der Waals surface area contributed by atoms with Crippen LogP contribution in [0.4, 0.5) is 5.69 Å². The smallest absolute Gasteiger partial charge is 0.345 e.